The van der Waals surface area contributed by atoms with E-state index in [0.717, 1.165) is 0 Å². The first-order valence-electron chi connectivity index (χ1n) is 4.68. The summed E-state index contributed by atoms with van der Waals surface area (Å²) in [4.78, 5) is 23.1. The molecule has 16 heavy (non-hydrogen) atoms. The van der Waals surface area contributed by atoms with Crippen LogP contribution in [0.5, 0.6) is 0 Å². The van der Waals surface area contributed by atoms with Crippen molar-refractivity contribution in [1.82, 2.24) is 10.9 Å². The fraction of sp³-hybridized carbons (Fsp3) is 0.778. The smallest absolute Gasteiger partial charge is 0.254 e. The Labute approximate surface area is 113 Å². The lowest BCUT2D eigenvalue weighted by atomic mass is 10.1. The summed E-state index contributed by atoms with van der Waals surface area (Å²) < 4.78 is -1.78. The Morgan fingerprint density at radius 3 is 2.06 bits per heavy atom. The van der Waals surface area contributed by atoms with Crippen LogP contribution in [-0.4, -0.2) is 20.5 Å². The lowest BCUT2D eigenvalue weighted by molar-refractivity contribution is -0.132. The molecule has 7 heteroatoms. The van der Waals surface area contributed by atoms with Gasteiger partial charge in [-0.05, 0) is 27.2 Å². The standard InChI is InChI=1S/C9H13BrCl2N2O2/c1-7(2,10)5(15)13-14-6(16)8(3)4-9(8,11)12/h4H2,1-3H3,(H,13,15)(H,14,16)/t8-/m1/s1. The van der Waals surface area contributed by atoms with E-state index in [4.69, 9.17) is 23.2 Å². The number of amides is 2. The minimum absolute atomic E-state index is 0.347. The molecule has 4 nitrogen and oxygen atoms in total. The van der Waals surface area contributed by atoms with Crippen LogP contribution in [0.2, 0.25) is 0 Å². The number of halogens is 3. The highest BCUT2D eigenvalue weighted by Gasteiger charge is 2.68. The van der Waals surface area contributed by atoms with E-state index < -0.39 is 14.1 Å². The molecule has 1 rings (SSSR count). The zero-order valence-corrected chi connectivity index (χ0v) is 12.3. The van der Waals surface area contributed by atoms with Gasteiger partial charge in [0.15, 0.2) is 0 Å². The Morgan fingerprint density at radius 2 is 1.75 bits per heavy atom. The fourth-order valence-electron chi connectivity index (χ4n) is 1.05. The van der Waals surface area contributed by atoms with Crippen molar-refractivity contribution < 1.29 is 9.59 Å². The van der Waals surface area contributed by atoms with E-state index in [0.29, 0.717) is 6.42 Å². The number of nitrogens with one attached hydrogen (secondary N) is 2. The Bertz CT molecular complexity index is 341. The van der Waals surface area contributed by atoms with Gasteiger partial charge in [0.2, 0.25) is 5.91 Å². The van der Waals surface area contributed by atoms with Crippen molar-refractivity contribution >= 4 is 50.9 Å². The minimum Gasteiger partial charge on any atom is -0.273 e. The summed E-state index contributed by atoms with van der Waals surface area (Å²) >= 11 is 14.8. The second-order valence-electron chi connectivity index (χ2n) is 4.59. The van der Waals surface area contributed by atoms with Crippen molar-refractivity contribution in [3.05, 3.63) is 0 Å². The van der Waals surface area contributed by atoms with Crippen molar-refractivity contribution in [1.29, 1.82) is 0 Å². The minimum atomic E-state index is -1.04. The highest BCUT2D eigenvalue weighted by atomic mass is 79.9. The first kappa shape index (κ1) is 14.1. The molecule has 0 radical (unpaired) electrons. The molecule has 92 valence electrons. The van der Waals surface area contributed by atoms with E-state index in [-0.39, 0.29) is 11.8 Å². The molecule has 1 fully saturated rings. The number of hydrazine groups is 1. The monoisotopic (exact) mass is 330 g/mol. The number of carbonyl (C=O) groups excluding carboxylic acids is 2. The average molecular weight is 332 g/mol. The highest BCUT2D eigenvalue weighted by Crippen LogP contribution is 2.63. The molecular weight excluding hydrogens is 319 g/mol. The number of carbonyl (C=O) groups is 2. The van der Waals surface area contributed by atoms with Crippen molar-refractivity contribution in [3.8, 4) is 0 Å². The van der Waals surface area contributed by atoms with Crippen molar-refractivity contribution in [2.45, 2.75) is 35.8 Å². The molecule has 0 heterocycles. The Hall–Kier alpha value is -0.000000000000000111. The number of hydrogen-bond donors (Lipinski definition) is 2. The third-order valence-corrected chi connectivity index (χ3v) is 4.05. The molecule has 1 aliphatic carbocycles. The molecule has 1 saturated carbocycles. The predicted octanol–water partition coefficient (Wildman–Crippen LogP) is 1.89. The molecule has 0 aromatic heterocycles. The summed E-state index contributed by atoms with van der Waals surface area (Å²) in [5.41, 5.74) is 3.78. The third-order valence-electron chi connectivity index (χ3n) is 2.59. The summed E-state index contributed by atoms with van der Waals surface area (Å²) in [7, 11) is 0. The van der Waals surface area contributed by atoms with Crippen LogP contribution >= 0.6 is 39.1 Å². The van der Waals surface area contributed by atoms with E-state index in [1.807, 2.05) is 0 Å². The maximum absolute atomic E-state index is 11.7. The molecule has 0 unspecified atom stereocenters. The van der Waals surface area contributed by atoms with Gasteiger partial charge in [-0.25, -0.2) is 0 Å². The van der Waals surface area contributed by atoms with Gasteiger partial charge in [-0.15, -0.1) is 23.2 Å². The van der Waals surface area contributed by atoms with Gasteiger partial charge in [-0.1, -0.05) is 15.9 Å². The van der Waals surface area contributed by atoms with Crippen LogP contribution in [0.3, 0.4) is 0 Å². The van der Waals surface area contributed by atoms with Gasteiger partial charge in [0.1, 0.15) is 8.66 Å². The van der Waals surface area contributed by atoms with Crippen molar-refractivity contribution in [3.63, 3.8) is 0 Å². The molecule has 0 aliphatic heterocycles. The first-order chi connectivity index (χ1) is 7.01. The normalized spacial score (nSPS) is 27.1. The molecule has 1 aliphatic rings. The van der Waals surface area contributed by atoms with E-state index in [1.54, 1.807) is 20.8 Å². The summed E-state index contributed by atoms with van der Waals surface area (Å²) in [6.07, 6.45) is 0.378. The molecule has 0 spiro atoms. The summed E-state index contributed by atoms with van der Waals surface area (Å²) in [6, 6.07) is 0. The lowest BCUT2D eigenvalue weighted by Gasteiger charge is -2.18. The molecule has 0 bridgehead atoms. The van der Waals surface area contributed by atoms with E-state index in [1.165, 1.54) is 0 Å². The lowest BCUT2D eigenvalue weighted by Crippen LogP contribution is -2.50. The summed E-state index contributed by atoms with van der Waals surface area (Å²) in [5.74, 6) is -0.734. The number of rotatable bonds is 2. The van der Waals surface area contributed by atoms with Gasteiger partial charge in [0.05, 0.1) is 5.41 Å². The number of alkyl halides is 3. The predicted molar refractivity (Wildman–Crippen MR) is 66.5 cm³/mol. The van der Waals surface area contributed by atoms with Crippen LogP contribution in [0.4, 0.5) is 0 Å². The van der Waals surface area contributed by atoms with Gasteiger partial charge >= 0.3 is 0 Å². The second kappa shape index (κ2) is 4.03. The fourth-order valence-corrected chi connectivity index (χ4v) is 1.85. The summed E-state index contributed by atoms with van der Waals surface area (Å²) in [6.45, 7) is 4.98. The molecule has 0 aromatic carbocycles. The van der Waals surface area contributed by atoms with Gasteiger partial charge in [0.25, 0.3) is 5.91 Å². The molecule has 2 amide bonds. The van der Waals surface area contributed by atoms with Crippen LogP contribution in [0.25, 0.3) is 0 Å². The molecular formula is C9H13BrCl2N2O2. The second-order valence-corrected chi connectivity index (χ2v) is 8.06. The molecule has 2 N–H and O–H groups in total. The van der Waals surface area contributed by atoms with Gasteiger partial charge in [0, 0.05) is 0 Å². The average Bonchev–Trinajstić information content (AvgIpc) is 2.61. The van der Waals surface area contributed by atoms with Crippen molar-refractivity contribution in [2.75, 3.05) is 0 Å². The Kier molecular flexibility index (Phi) is 3.54. The molecule has 0 aromatic rings. The van der Waals surface area contributed by atoms with Crippen LogP contribution in [0, 0.1) is 5.41 Å². The number of hydrogen-bond acceptors (Lipinski definition) is 2. The Balaban J connectivity index is 2.47. The zero-order valence-electron chi connectivity index (χ0n) is 9.16. The van der Waals surface area contributed by atoms with E-state index >= 15 is 0 Å². The largest absolute Gasteiger partial charge is 0.273 e. The summed E-state index contributed by atoms with van der Waals surface area (Å²) in [5, 5.41) is 0. The SMILES string of the molecule is CC(C)(Br)C(=O)NNC(=O)[C@@]1(C)CC1(Cl)Cl. The quantitative estimate of drug-likeness (QED) is 0.599. The molecule has 0 saturated heterocycles. The maximum atomic E-state index is 11.7. The van der Waals surface area contributed by atoms with Gasteiger partial charge in [-0.2, -0.15) is 0 Å². The molecule has 1 atom stereocenters. The third kappa shape index (κ3) is 2.63. The Morgan fingerprint density at radius 1 is 1.31 bits per heavy atom. The zero-order chi connectivity index (χ0) is 12.8. The van der Waals surface area contributed by atoms with Crippen LogP contribution in [0.1, 0.15) is 27.2 Å². The van der Waals surface area contributed by atoms with Gasteiger partial charge in [-0.3, -0.25) is 20.4 Å². The van der Waals surface area contributed by atoms with Gasteiger partial charge < -0.3 is 0 Å². The van der Waals surface area contributed by atoms with Crippen LogP contribution < -0.4 is 10.9 Å². The van der Waals surface area contributed by atoms with E-state index in [2.05, 4.69) is 26.8 Å². The maximum Gasteiger partial charge on any atom is 0.254 e. The highest BCUT2D eigenvalue weighted by molar-refractivity contribution is 9.10. The topological polar surface area (TPSA) is 58.2 Å². The first-order valence-corrected chi connectivity index (χ1v) is 6.23. The van der Waals surface area contributed by atoms with E-state index in [9.17, 15) is 9.59 Å². The van der Waals surface area contributed by atoms with Crippen LogP contribution in [0.15, 0.2) is 0 Å². The van der Waals surface area contributed by atoms with Crippen molar-refractivity contribution in [2.24, 2.45) is 5.41 Å². The van der Waals surface area contributed by atoms with Crippen LogP contribution in [-0.2, 0) is 9.59 Å².